The van der Waals surface area contributed by atoms with Crippen molar-refractivity contribution < 1.29 is 17.9 Å². The number of halogens is 3. The van der Waals surface area contributed by atoms with Gasteiger partial charge in [0, 0.05) is 12.1 Å². The Bertz CT molecular complexity index is 467. The maximum Gasteiger partial charge on any atom is 0.573 e. The third-order valence-electron chi connectivity index (χ3n) is 4.32. The summed E-state index contributed by atoms with van der Waals surface area (Å²) in [6, 6.07) is 6.63. The molecule has 5 heteroatoms. The molecule has 2 nitrogen and oxygen atoms in total. The van der Waals surface area contributed by atoms with Crippen molar-refractivity contribution in [2.75, 3.05) is 0 Å². The predicted octanol–water partition coefficient (Wildman–Crippen LogP) is 4.81. The van der Waals surface area contributed by atoms with Crippen molar-refractivity contribution in [3.63, 3.8) is 0 Å². The Hall–Kier alpha value is -1.23. The third kappa shape index (κ3) is 4.37. The minimum absolute atomic E-state index is 0.104. The van der Waals surface area contributed by atoms with Gasteiger partial charge in [0.2, 0.25) is 0 Å². The molecule has 1 aromatic rings. The fourth-order valence-electron chi connectivity index (χ4n) is 2.99. The average Bonchev–Trinajstić information content (AvgIpc) is 2.67. The van der Waals surface area contributed by atoms with E-state index in [0.717, 1.165) is 12.0 Å². The van der Waals surface area contributed by atoms with Gasteiger partial charge in [-0.2, -0.15) is 0 Å². The van der Waals surface area contributed by atoms with E-state index in [0.29, 0.717) is 6.04 Å². The van der Waals surface area contributed by atoms with Gasteiger partial charge in [-0.1, -0.05) is 32.4 Å². The minimum atomic E-state index is -4.64. The lowest BCUT2D eigenvalue weighted by molar-refractivity contribution is -0.274. The summed E-state index contributed by atoms with van der Waals surface area (Å²) in [5.41, 5.74) is 1.24. The van der Waals surface area contributed by atoms with Crippen molar-refractivity contribution in [1.29, 1.82) is 0 Å². The summed E-state index contributed by atoms with van der Waals surface area (Å²) in [4.78, 5) is 0. The molecule has 1 aliphatic rings. The molecule has 2 atom stereocenters. The van der Waals surface area contributed by atoms with Crippen LogP contribution in [0.15, 0.2) is 24.3 Å². The molecule has 1 aliphatic carbocycles. The van der Waals surface area contributed by atoms with Crippen molar-refractivity contribution in [1.82, 2.24) is 5.32 Å². The SMILES string of the molecule is CC(NC1CCCC1(C)C)c1ccc(OC(F)(F)F)cc1. The van der Waals surface area contributed by atoms with E-state index in [1.165, 1.54) is 25.0 Å². The Morgan fingerprint density at radius 2 is 1.86 bits per heavy atom. The maximum absolute atomic E-state index is 12.1. The van der Waals surface area contributed by atoms with Crippen LogP contribution in [0.3, 0.4) is 0 Å². The Kier molecular flexibility index (Phi) is 4.51. The number of hydrogen-bond acceptors (Lipinski definition) is 2. The first-order valence-corrected chi connectivity index (χ1v) is 7.29. The molecule has 0 bridgehead atoms. The van der Waals surface area contributed by atoms with Gasteiger partial charge < -0.3 is 10.1 Å². The average molecular weight is 301 g/mol. The molecule has 1 N–H and O–H groups in total. The number of alkyl halides is 3. The van der Waals surface area contributed by atoms with Gasteiger partial charge in [-0.3, -0.25) is 0 Å². The summed E-state index contributed by atoms with van der Waals surface area (Å²) in [7, 11) is 0. The van der Waals surface area contributed by atoms with Crippen LogP contribution in [0, 0.1) is 5.41 Å². The van der Waals surface area contributed by atoms with Gasteiger partial charge >= 0.3 is 6.36 Å². The summed E-state index contributed by atoms with van der Waals surface area (Å²) in [5.74, 6) is -0.181. The number of nitrogens with one attached hydrogen (secondary N) is 1. The molecule has 0 aliphatic heterocycles. The first kappa shape index (κ1) is 16.1. The van der Waals surface area contributed by atoms with E-state index in [9.17, 15) is 13.2 Å². The summed E-state index contributed by atoms with van der Waals surface area (Å²) in [5, 5.41) is 3.59. The number of hydrogen-bond donors (Lipinski definition) is 1. The molecule has 0 amide bonds. The largest absolute Gasteiger partial charge is 0.573 e. The first-order valence-electron chi connectivity index (χ1n) is 7.29. The van der Waals surface area contributed by atoms with Crippen LogP contribution >= 0.6 is 0 Å². The second-order valence-corrected chi connectivity index (χ2v) is 6.44. The smallest absolute Gasteiger partial charge is 0.406 e. The molecule has 1 saturated carbocycles. The van der Waals surface area contributed by atoms with Gasteiger partial charge in [0.15, 0.2) is 0 Å². The van der Waals surface area contributed by atoms with Gasteiger partial charge in [-0.25, -0.2) is 0 Å². The zero-order valence-electron chi connectivity index (χ0n) is 12.6. The predicted molar refractivity (Wildman–Crippen MR) is 76.1 cm³/mol. The van der Waals surface area contributed by atoms with E-state index in [4.69, 9.17) is 0 Å². The Balaban J connectivity index is 1.98. The molecule has 2 rings (SSSR count). The van der Waals surface area contributed by atoms with Gasteiger partial charge in [-0.05, 0) is 42.9 Å². The van der Waals surface area contributed by atoms with E-state index in [1.54, 1.807) is 12.1 Å². The van der Waals surface area contributed by atoms with Crippen LogP contribution in [-0.4, -0.2) is 12.4 Å². The van der Waals surface area contributed by atoms with Crippen LogP contribution in [0.25, 0.3) is 0 Å². The molecule has 0 aromatic heterocycles. The number of benzene rings is 1. The molecule has 0 saturated heterocycles. The lowest BCUT2D eigenvalue weighted by atomic mass is 9.86. The first-order chi connectivity index (χ1) is 9.67. The highest BCUT2D eigenvalue weighted by molar-refractivity contribution is 5.29. The second-order valence-electron chi connectivity index (χ2n) is 6.44. The molecule has 21 heavy (non-hydrogen) atoms. The van der Waals surface area contributed by atoms with Crippen LogP contribution in [0.1, 0.15) is 51.6 Å². The van der Waals surface area contributed by atoms with Crippen molar-refractivity contribution in [2.24, 2.45) is 5.41 Å². The Morgan fingerprint density at radius 1 is 1.24 bits per heavy atom. The van der Waals surface area contributed by atoms with Crippen molar-refractivity contribution >= 4 is 0 Å². The fourth-order valence-corrected chi connectivity index (χ4v) is 2.99. The maximum atomic E-state index is 12.1. The number of rotatable bonds is 4. The van der Waals surface area contributed by atoms with E-state index in [1.807, 2.05) is 6.92 Å². The Labute approximate surface area is 123 Å². The molecule has 1 aromatic carbocycles. The van der Waals surface area contributed by atoms with Crippen LogP contribution in [0.4, 0.5) is 13.2 Å². The van der Waals surface area contributed by atoms with Gasteiger partial charge in [0.1, 0.15) is 5.75 Å². The zero-order chi connectivity index (χ0) is 15.7. The lowest BCUT2D eigenvalue weighted by Gasteiger charge is -2.31. The van der Waals surface area contributed by atoms with Gasteiger partial charge in [-0.15, -0.1) is 13.2 Å². The fraction of sp³-hybridized carbons (Fsp3) is 0.625. The van der Waals surface area contributed by atoms with Gasteiger partial charge in [0.05, 0.1) is 0 Å². The van der Waals surface area contributed by atoms with Crippen LogP contribution < -0.4 is 10.1 Å². The van der Waals surface area contributed by atoms with Gasteiger partial charge in [0.25, 0.3) is 0 Å². The normalized spacial score (nSPS) is 23.0. The van der Waals surface area contributed by atoms with Crippen molar-refractivity contribution in [3.8, 4) is 5.75 Å². The Morgan fingerprint density at radius 3 is 2.33 bits per heavy atom. The highest BCUT2D eigenvalue weighted by Crippen LogP contribution is 2.38. The quantitative estimate of drug-likeness (QED) is 0.861. The number of ether oxygens (including phenoxy) is 1. The van der Waals surface area contributed by atoms with Crippen LogP contribution in [-0.2, 0) is 0 Å². The zero-order valence-corrected chi connectivity index (χ0v) is 12.6. The third-order valence-corrected chi connectivity index (χ3v) is 4.32. The monoisotopic (exact) mass is 301 g/mol. The molecule has 0 heterocycles. The van der Waals surface area contributed by atoms with E-state index in [2.05, 4.69) is 23.9 Å². The molecular weight excluding hydrogens is 279 g/mol. The molecule has 0 radical (unpaired) electrons. The molecule has 1 fully saturated rings. The minimum Gasteiger partial charge on any atom is -0.406 e. The standard InChI is InChI=1S/C16H22F3NO/c1-11(20-14-5-4-10-15(14,2)3)12-6-8-13(9-7-12)21-16(17,18)19/h6-9,11,14,20H,4-5,10H2,1-3H3. The summed E-state index contributed by atoms with van der Waals surface area (Å²) >= 11 is 0. The lowest BCUT2D eigenvalue weighted by Crippen LogP contribution is -2.39. The van der Waals surface area contributed by atoms with Crippen molar-refractivity contribution in [3.05, 3.63) is 29.8 Å². The van der Waals surface area contributed by atoms with Crippen LogP contribution in [0.2, 0.25) is 0 Å². The molecule has 118 valence electrons. The molecule has 0 spiro atoms. The van der Waals surface area contributed by atoms with Crippen molar-refractivity contribution in [2.45, 2.75) is 58.5 Å². The molecule has 2 unspecified atom stereocenters. The summed E-state index contributed by atoms with van der Waals surface area (Å²) < 4.78 is 40.2. The second kappa shape index (κ2) is 5.87. The van der Waals surface area contributed by atoms with E-state index >= 15 is 0 Å². The highest BCUT2D eigenvalue weighted by atomic mass is 19.4. The van der Waals surface area contributed by atoms with E-state index < -0.39 is 6.36 Å². The summed E-state index contributed by atoms with van der Waals surface area (Å²) in [6.45, 7) is 6.54. The summed E-state index contributed by atoms with van der Waals surface area (Å²) in [6.07, 6.45) is -1.07. The highest BCUT2D eigenvalue weighted by Gasteiger charge is 2.35. The van der Waals surface area contributed by atoms with Crippen LogP contribution in [0.5, 0.6) is 5.75 Å². The topological polar surface area (TPSA) is 21.3 Å². The van der Waals surface area contributed by atoms with E-state index in [-0.39, 0.29) is 17.2 Å². The molecular formula is C16H22F3NO.